The number of phenols is 1. The number of aromatic carboxylic acids is 1. The summed E-state index contributed by atoms with van der Waals surface area (Å²) in [6, 6.07) is 9.03. The Kier molecular flexibility index (Phi) is 4.83. The van der Waals surface area contributed by atoms with Crippen LogP contribution in [0.15, 0.2) is 42.5 Å². The number of nitrogens with one attached hydrogen (secondary N) is 1. The fraction of sp³-hybridized carbons (Fsp3) is 0.211. The number of benzene rings is 2. The van der Waals surface area contributed by atoms with E-state index in [1.807, 2.05) is 0 Å². The van der Waals surface area contributed by atoms with Gasteiger partial charge in [0.25, 0.3) is 5.91 Å². The number of hydrogen-bond acceptors (Lipinski definition) is 6. The first-order chi connectivity index (χ1) is 13.4. The highest BCUT2D eigenvalue weighted by atomic mass is 32.2. The van der Waals surface area contributed by atoms with E-state index < -0.39 is 39.0 Å². The molecule has 9 nitrogen and oxygen atoms in total. The van der Waals surface area contributed by atoms with Gasteiger partial charge in [-0.25, -0.2) is 17.5 Å². The minimum absolute atomic E-state index is 0.139. The number of anilines is 2. The predicted octanol–water partition coefficient (Wildman–Crippen LogP) is 2.05. The van der Waals surface area contributed by atoms with E-state index >= 15 is 0 Å². The van der Waals surface area contributed by atoms with Crippen LogP contribution in [0.3, 0.4) is 0 Å². The lowest BCUT2D eigenvalue weighted by Crippen LogP contribution is -2.32. The second-order valence-corrected chi connectivity index (χ2v) is 9.07. The third-order valence-corrected chi connectivity index (χ3v) is 6.45. The molecule has 0 saturated carbocycles. The van der Waals surface area contributed by atoms with Gasteiger partial charge in [0.2, 0.25) is 15.9 Å². The minimum atomic E-state index is -3.79. The molecule has 0 spiro atoms. The second-order valence-electron chi connectivity index (χ2n) is 7.25. The van der Waals surface area contributed by atoms with Crippen LogP contribution in [-0.2, 0) is 14.8 Å². The van der Waals surface area contributed by atoms with Crippen LogP contribution in [0.5, 0.6) is 5.75 Å². The molecular formula is C19H18N2O7S. The zero-order chi connectivity index (χ0) is 21.6. The molecule has 0 atom stereocenters. The number of carbonyl (C=O) groups is 3. The SMILES string of the molecule is CC1(C)CS(=O)(=O)N(c2ccc(C(=O)Nc3ccc(C(=O)O)c(O)c3)cc2)C1=O. The summed E-state index contributed by atoms with van der Waals surface area (Å²) in [6.07, 6.45) is 0. The number of sulfonamides is 1. The number of nitrogens with zero attached hydrogens (tertiary/aromatic N) is 1. The molecule has 152 valence electrons. The molecule has 1 saturated heterocycles. The maximum absolute atomic E-state index is 12.4. The van der Waals surface area contributed by atoms with Gasteiger partial charge >= 0.3 is 5.97 Å². The smallest absolute Gasteiger partial charge is 0.339 e. The van der Waals surface area contributed by atoms with Gasteiger partial charge in [0.05, 0.1) is 16.9 Å². The van der Waals surface area contributed by atoms with Gasteiger partial charge in [-0.05, 0) is 50.2 Å². The van der Waals surface area contributed by atoms with Crippen molar-refractivity contribution in [2.24, 2.45) is 5.41 Å². The Bertz CT molecular complexity index is 1120. The molecule has 3 N–H and O–H groups in total. The molecule has 2 aromatic rings. The first-order valence-electron chi connectivity index (χ1n) is 8.47. The van der Waals surface area contributed by atoms with Gasteiger partial charge in [-0.1, -0.05) is 0 Å². The lowest BCUT2D eigenvalue weighted by Gasteiger charge is -2.17. The molecule has 2 amide bonds. The summed E-state index contributed by atoms with van der Waals surface area (Å²) in [4.78, 5) is 35.7. The van der Waals surface area contributed by atoms with Gasteiger partial charge in [-0.15, -0.1) is 0 Å². The molecule has 1 aliphatic rings. The Morgan fingerprint density at radius 1 is 1.10 bits per heavy atom. The summed E-state index contributed by atoms with van der Waals surface area (Å²) >= 11 is 0. The summed E-state index contributed by atoms with van der Waals surface area (Å²) in [5.41, 5.74) is -0.828. The van der Waals surface area contributed by atoms with Gasteiger partial charge in [0, 0.05) is 17.3 Å². The van der Waals surface area contributed by atoms with Crippen molar-refractivity contribution in [2.45, 2.75) is 13.8 Å². The highest BCUT2D eigenvalue weighted by molar-refractivity contribution is 7.94. The fourth-order valence-corrected chi connectivity index (χ4v) is 5.11. The Morgan fingerprint density at radius 2 is 1.72 bits per heavy atom. The van der Waals surface area contributed by atoms with Crippen molar-refractivity contribution in [3.05, 3.63) is 53.6 Å². The van der Waals surface area contributed by atoms with Crippen LogP contribution in [0.4, 0.5) is 11.4 Å². The average molecular weight is 418 g/mol. The lowest BCUT2D eigenvalue weighted by molar-refractivity contribution is -0.123. The third-order valence-electron chi connectivity index (χ3n) is 4.43. The molecule has 29 heavy (non-hydrogen) atoms. The Hall–Kier alpha value is -3.40. The van der Waals surface area contributed by atoms with E-state index in [0.717, 1.165) is 16.4 Å². The first-order valence-corrected chi connectivity index (χ1v) is 10.1. The summed E-state index contributed by atoms with van der Waals surface area (Å²) in [5.74, 6) is -3.19. The monoisotopic (exact) mass is 418 g/mol. The van der Waals surface area contributed by atoms with E-state index in [9.17, 15) is 27.9 Å². The van der Waals surface area contributed by atoms with Crippen molar-refractivity contribution in [3.8, 4) is 5.75 Å². The van der Waals surface area contributed by atoms with Gasteiger partial charge in [0.15, 0.2) is 0 Å². The zero-order valence-corrected chi connectivity index (χ0v) is 16.4. The van der Waals surface area contributed by atoms with E-state index in [-0.39, 0.29) is 28.3 Å². The summed E-state index contributed by atoms with van der Waals surface area (Å²) < 4.78 is 25.4. The summed E-state index contributed by atoms with van der Waals surface area (Å²) in [6.45, 7) is 3.11. The van der Waals surface area contributed by atoms with Crippen molar-refractivity contribution < 1.29 is 33.0 Å². The normalized spacial score (nSPS) is 17.2. The van der Waals surface area contributed by atoms with Crippen LogP contribution >= 0.6 is 0 Å². The van der Waals surface area contributed by atoms with Crippen LogP contribution in [0.2, 0.25) is 0 Å². The molecule has 0 bridgehead atoms. The molecular weight excluding hydrogens is 400 g/mol. The van der Waals surface area contributed by atoms with Crippen molar-refractivity contribution in [1.29, 1.82) is 0 Å². The van der Waals surface area contributed by atoms with Crippen molar-refractivity contribution >= 4 is 39.2 Å². The molecule has 0 aromatic heterocycles. The number of aromatic hydroxyl groups is 1. The van der Waals surface area contributed by atoms with Crippen LogP contribution < -0.4 is 9.62 Å². The summed E-state index contributed by atoms with van der Waals surface area (Å²) in [7, 11) is -3.79. The maximum atomic E-state index is 12.4. The molecule has 0 aliphatic carbocycles. The van der Waals surface area contributed by atoms with Crippen molar-refractivity contribution in [3.63, 3.8) is 0 Å². The van der Waals surface area contributed by atoms with E-state index in [2.05, 4.69) is 5.32 Å². The molecule has 0 radical (unpaired) electrons. The standard InChI is InChI=1S/C19H18N2O7S/c1-19(2)10-29(27,28)21(18(19)26)13-6-3-11(4-7-13)16(23)20-12-5-8-14(17(24)25)15(22)9-12/h3-9,22H,10H2,1-2H3,(H,20,23)(H,24,25). The minimum Gasteiger partial charge on any atom is -0.507 e. The fourth-order valence-electron chi connectivity index (χ4n) is 3.00. The number of rotatable bonds is 4. The van der Waals surface area contributed by atoms with Crippen LogP contribution in [-0.4, -0.2) is 42.2 Å². The third kappa shape index (κ3) is 3.79. The van der Waals surface area contributed by atoms with Crippen LogP contribution in [0.1, 0.15) is 34.6 Å². The first kappa shape index (κ1) is 20.3. The Labute approximate surface area is 166 Å². The summed E-state index contributed by atoms with van der Waals surface area (Å²) in [5, 5.41) is 21.1. The maximum Gasteiger partial charge on any atom is 0.339 e. The molecule has 0 unspecified atom stereocenters. The largest absolute Gasteiger partial charge is 0.507 e. The second kappa shape index (κ2) is 6.89. The molecule has 1 fully saturated rings. The molecule has 3 rings (SSSR count). The molecule has 1 aliphatic heterocycles. The number of amides is 2. The number of carbonyl (C=O) groups excluding carboxylic acids is 2. The number of carboxylic acid groups (broad SMARTS) is 1. The van der Waals surface area contributed by atoms with Crippen molar-refractivity contribution in [2.75, 3.05) is 15.4 Å². The quantitative estimate of drug-likeness (QED) is 0.690. The molecule has 10 heteroatoms. The predicted molar refractivity (Wildman–Crippen MR) is 105 cm³/mol. The lowest BCUT2D eigenvalue weighted by atomic mass is 9.95. The molecule has 1 heterocycles. The van der Waals surface area contributed by atoms with Crippen LogP contribution in [0.25, 0.3) is 0 Å². The molecule has 2 aromatic carbocycles. The Balaban J connectivity index is 1.80. The number of hydrogen-bond donors (Lipinski definition) is 3. The average Bonchev–Trinajstić information content (AvgIpc) is 2.77. The topological polar surface area (TPSA) is 141 Å². The highest BCUT2D eigenvalue weighted by Crippen LogP contribution is 2.35. The van der Waals surface area contributed by atoms with Gasteiger partial charge in [0.1, 0.15) is 11.3 Å². The van der Waals surface area contributed by atoms with Gasteiger partial charge in [-0.3, -0.25) is 9.59 Å². The van der Waals surface area contributed by atoms with E-state index in [0.29, 0.717) is 0 Å². The highest BCUT2D eigenvalue weighted by Gasteiger charge is 2.49. The zero-order valence-electron chi connectivity index (χ0n) is 15.5. The Morgan fingerprint density at radius 3 is 2.21 bits per heavy atom. The van der Waals surface area contributed by atoms with Gasteiger partial charge < -0.3 is 15.5 Å². The van der Waals surface area contributed by atoms with E-state index in [1.54, 1.807) is 13.8 Å². The van der Waals surface area contributed by atoms with Gasteiger partial charge in [-0.2, -0.15) is 0 Å². The van der Waals surface area contributed by atoms with Crippen LogP contribution in [0, 0.1) is 5.41 Å². The van der Waals surface area contributed by atoms with Crippen molar-refractivity contribution in [1.82, 2.24) is 0 Å². The van der Waals surface area contributed by atoms with E-state index in [4.69, 9.17) is 5.11 Å². The number of carboxylic acids is 1. The van der Waals surface area contributed by atoms with E-state index in [1.165, 1.54) is 30.3 Å².